The van der Waals surface area contributed by atoms with Gasteiger partial charge in [-0.25, -0.2) is 0 Å². The molecular weight excluding hydrogens is 196 g/mol. The summed E-state index contributed by atoms with van der Waals surface area (Å²) in [5, 5.41) is 8.59. The summed E-state index contributed by atoms with van der Waals surface area (Å²) in [6.45, 7) is 1.67. The van der Waals surface area contributed by atoms with Crippen molar-refractivity contribution < 1.29 is 9.47 Å². The minimum Gasteiger partial charge on any atom is -0.348 e. The Balaban J connectivity index is 3.25. The number of hydrogen-bond acceptors (Lipinski definition) is 4. The summed E-state index contributed by atoms with van der Waals surface area (Å²) in [5.74, 6) is -1.01. The van der Waals surface area contributed by atoms with Crippen molar-refractivity contribution in [2.75, 3.05) is 14.2 Å². The quantitative estimate of drug-likeness (QED) is 0.742. The number of rotatable bonds is 3. The van der Waals surface area contributed by atoms with E-state index in [0.29, 0.717) is 5.69 Å². The molecule has 80 valence electrons. The highest BCUT2D eigenvalue weighted by molar-refractivity contribution is 5.27. The van der Waals surface area contributed by atoms with Gasteiger partial charge in [-0.1, -0.05) is 0 Å². The second-order valence-corrected chi connectivity index (χ2v) is 3.08. The zero-order valence-corrected chi connectivity index (χ0v) is 8.83. The highest BCUT2D eigenvalue weighted by atomic mass is 16.7. The summed E-state index contributed by atoms with van der Waals surface area (Å²) in [4.78, 5) is 13.9. The average Bonchev–Trinajstić information content (AvgIpc) is 2.28. The molecule has 5 heteroatoms. The summed E-state index contributed by atoms with van der Waals surface area (Å²) < 4.78 is 10.3. The highest BCUT2D eigenvalue weighted by Gasteiger charge is 2.26. The van der Waals surface area contributed by atoms with Crippen LogP contribution in [0.2, 0.25) is 0 Å². The van der Waals surface area contributed by atoms with E-state index in [9.17, 15) is 4.79 Å². The maximum absolute atomic E-state index is 11.4. The molecule has 0 saturated heterocycles. The van der Waals surface area contributed by atoms with Gasteiger partial charge in [0.1, 0.15) is 11.6 Å². The van der Waals surface area contributed by atoms with Gasteiger partial charge in [-0.2, -0.15) is 5.26 Å². The second-order valence-electron chi connectivity index (χ2n) is 3.08. The van der Waals surface area contributed by atoms with Crippen molar-refractivity contribution in [3.63, 3.8) is 0 Å². The van der Waals surface area contributed by atoms with Crippen LogP contribution in [0.4, 0.5) is 0 Å². The molecule has 0 radical (unpaired) electrons. The molecule has 0 atom stereocenters. The largest absolute Gasteiger partial charge is 0.348 e. The zero-order valence-electron chi connectivity index (χ0n) is 8.83. The maximum atomic E-state index is 11.4. The molecule has 0 fully saturated rings. The molecule has 1 aromatic rings. The van der Waals surface area contributed by atoms with E-state index in [0.717, 1.165) is 0 Å². The number of nitrogens with zero attached hydrogens (tertiary/aromatic N) is 1. The number of pyridine rings is 1. The molecule has 15 heavy (non-hydrogen) atoms. The van der Waals surface area contributed by atoms with Gasteiger partial charge in [0.05, 0.1) is 5.69 Å². The molecule has 0 aliphatic carbocycles. The Bertz CT molecular complexity index is 441. The number of aromatic amines is 1. The van der Waals surface area contributed by atoms with Crippen LogP contribution in [0.3, 0.4) is 0 Å². The molecule has 1 N–H and O–H groups in total. The van der Waals surface area contributed by atoms with E-state index in [2.05, 4.69) is 4.98 Å². The van der Waals surface area contributed by atoms with E-state index in [-0.39, 0.29) is 5.56 Å². The molecule has 1 rings (SSSR count). The number of nitrogens with one attached hydrogen (secondary N) is 1. The van der Waals surface area contributed by atoms with Gasteiger partial charge in [0.25, 0.3) is 5.56 Å². The van der Waals surface area contributed by atoms with Crippen molar-refractivity contribution in [1.29, 1.82) is 5.26 Å². The van der Waals surface area contributed by atoms with Crippen molar-refractivity contribution in [3.05, 3.63) is 33.7 Å². The van der Waals surface area contributed by atoms with E-state index >= 15 is 0 Å². The predicted molar refractivity (Wildman–Crippen MR) is 53.1 cm³/mol. The van der Waals surface area contributed by atoms with Crippen LogP contribution >= 0.6 is 0 Å². The van der Waals surface area contributed by atoms with E-state index in [1.54, 1.807) is 19.1 Å². The molecule has 0 amide bonds. The summed E-state index contributed by atoms with van der Waals surface area (Å²) in [5.41, 5.74) is 0.0835. The van der Waals surface area contributed by atoms with Gasteiger partial charge in [0.2, 0.25) is 5.79 Å². The number of ether oxygens (including phenoxy) is 2. The van der Waals surface area contributed by atoms with Gasteiger partial charge in [0, 0.05) is 14.2 Å². The number of H-pyrrole nitrogens is 1. The Labute approximate surface area is 87.3 Å². The van der Waals surface area contributed by atoms with Crippen molar-refractivity contribution >= 4 is 0 Å². The van der Waals surface area contributed by atoms with E-state index in [4.69, 9.17) is 14.7 Å². The third-order valence-electron chi connectivity index (χ3n) is 2.30. The van der Waals surface area contributed by atoms with Crippen LogP contribution in [0.1, 0.15) is 18.2 Å². The van der Waals surface area contributed by atoms with Crippen molar-refractivity contribution in [2.45, 2.75) is 12.7 Å². The lowest BCUT2D eigenvalue weighted by Gasteiger charge is -2.25. The van der Waals surface area contributed by atoms with Gasteiger partial charge < -0.3 is 14.5 Å². The van der Waals surface area contributed by atoms with Gasteiger partial charge in [-0.15, -0.1) is 0 Å². The van der Waals surface area contributed by atoms with Gasteiger partial charge in [-0.3, -0.25) is 4.79 Å². The van der Waals surface area contributed by atoms with Crippen LogP contribution in [0.15, 0.2) is 16.9 Å². The molecule has 0 aliphatic rings. The lowest BCUT2D eigenvalue weighted by atomic mass is 10.1. The molecule has 0 spiro atoms. The summed E-state index contributed by atoms with van der Waals surface area (Å²) in [7, 11) is 2.94. The standard InChI is InChI=1S/C10H12N2O3/c1-10(14-2,15-3)8-5-4-7(6-11)9(13)12-8/h4-5H,1-3H3,(H,12,13). The fraction of sp³-hybridized carbons (Fsp3) is 0.400. The zero-order chi connectivity index (χ0) is 11.5. The number of methoxy groups -OCH3 is 2. The lowest BCUT2D eigenvalue weighted by molar-refractivity contribution is -0.204. The van der Waals surface area contributed by atoms with Crippen LogP contribution in [-0.2, 0) is 15.3 Å². The Hall–Kier alpha value is -1.64. The summed E-state index contributed by atoms with van der Waals surface area (Å²) >= 11 is 0. The van der Waals surface area contributed by atoms with Crippen molar-refractivity contribution in [1.82, 2.24) is 4.98 Å². The highest BCUT2D eigenvalue weighted by Crippen LogP contribution is 2.22. The van der Waals surface area contributed by atoms with Crippen LogP contribution in [0.5, 0.6) is 0 Å². The molecule has 0 aromatic carbocycles. The monoisotopic (exact) mass is 208 g/mol. The number of hydrogen-bond donors (Lipinski definition) is 1. The fourth-order valence-corrected chi connectivity index (χ4v) is 1.13. The van der Waals surface area contributed by atoms with Gasteiger partial charge in [0.15, 0.2) is 0 Å². The molecule has 0 unspecified atom stereocenters. The molecule has 0 saturated carbocycles. The first-order valence-corrected chi connectivity index (χ1v) is 4.31. The molecule has 5 nitrogen and oxygen atoms in total. The van der Waals surface area contributed by atoms with E-state index in [1.807, 2.05) is 0 Å². The first kappa shape index (κ1) is 11.4. The molecular formula is C10H12N2O3. The lowest BCUT2D eigenvalue weighted by Crippen LogP contribution is -2.30. The minimum atomic E-state index is -1.01. The second kappa shape index (κ2) is 4.26. The van der Waals surface area contributed by atoms with Crippen LogP contribution in [0.25, 0.3) is 0 Å². The first-order valence-electron chi connectivity index (χ1n) is 4.31. The normalized spacial score (nSPS) is 11.1. The van der Waals surface area contributed by atoms with Crippen molar-refractivity contribution in [3.8, 4) is 6.07 Å². The topological polar surface area (TPSA) is 75.1 Å². The summed E-state index contributed by atoms with van der Waals surface area (Å²) in [6, 6.07) is 4.81. The number of aromatic nitrogens is 1. The smallest absolute Gasteiger partial charge is 0.266 e. The Morgan fingerprint density at radius 3 is 2.40 bits per heavy atom. The average molecular weight is 208 g/mol. The Kier molecular flexibility index (Phi) is 3.24. The SMILES string of the molecule is COC(C)(OC)c1ccc(C#N)c(=O)[nH]1. The Morgan fingerprint density at radius 1 is 1.40 bits per heavy atom. The van der Waals surface area contributed by atoms with Crippen LogP contribution in [0, 0.1) is 11.3 Å². The van der Waals surface area contributed by atoms with E-state index in [1.165, 1.54) is 20.3 Å². The molecule has 1 aromatic heterocycles. The first-order chi connectivity index (χ1) is 7.07. The fourth-order valence-electron chi connectivity index (χ4n) is 1.13. The third kappa shape index (κ3) is 2.06. The maximum Gasteiger partial charge on any atom is 0.266 e. The molecule has 0 aliphatic heterocycles. The predicted octanol–water partition coefficient (Wildman–Crippen LogP) is 0.712. The number of nitriles is 1. The minimum absolute atomic E-state index is 0.0632. The van der Waals surface area contributed by atoms with Crippen LogP contribution < -0.4 is 5.56 Å². The Morgan fingerprint density at radius 2 is 2.00 bits per heavy atom. The third-order valence-corrected chi connectivity index (χ3v) is 2.30. The summed E-state index contributed by atoms with van der Waals surface area (Å²) in [6.07, 6.45) is 0. The van der Waals surface area contributed by atoms with Gasteiger partial charge in [-0.05, 0) is 19.1 Å². The van der Waals surface area contributed by atoms with Crippen LogP contribution in [-0.4, -0.2) is 19.2 Å². The van der Waals surface area contributed by atoms with Crippen molar-refractivity contribution in [2.24, 2.45) is 0 Å². The van der Waals surface area contributed by atoms with E-state index < -0.39 is 11.3 Å². The molecule has 0 bridgehead atoms. The molecule has 1 heterocycles. The van der Waals surface area contributed by atoms with Gasteiger partial charge >= 0.3 is 0 Å².